The van der Waals surface area contributed by atoms with E-state index in [0.29, 0.717) is 28.6 Å². The third-order valence-electron chi connectivity index (χ3n) is 4.28. The van der Waals surface area contributed by atoms with E-state index in [4.69, 9.17) is 16.3 Å². The van der Waals surface area contributed by atoms with Crippen molar-refractivity contribution >= 4 is 35.0 Å². The molecule has 0 aliphatic carbocycles. The number of halogens is 1. The lowest BCUT2D eigenvalue weighted by atomic mass is 10.2. The van der Waals surface area contributed by atoms with Crippen molar-refractivity contribution in [3.8, 4) is 5.75 Å². The quantitative estimate of drug-likeness (QED) is 0.503. The van der Waals surface area contributed by atoms with E-state index in [2.05, 4.69) is 22.9 Å². The van der Waals surface area contributed by atoms with Crippen LogP contribution in [0, 0.1) is 6.92 Å². The average molecular weight is 432 g/mol. The normalized spacial score (nSPS) is 10.2. The summed E-state index contributed by atoms with van der Waals surface area (Å²) in [6.45, 7) is 4.05. The first kappa shape index (κ1) is 23.2. The molecule has 2 rings (SSSR count). The van der Waals surface area contributed by atoms with E-state index >= 15 is 0 Å². The molecule has 0 atom stereocenters. The zero-order valence-electron chi connectivity index (χ0n) is 17.1. The average Bonchev–Trinajstić information content (AvgIpc) is 2.74. The molecule has 3 N–H and O–H groups in total. The number of carbonyl (C=O) groups is 3. The molecule has 0 saturated heterocycles. The first-order valence-electron chi connectivity index (χ1n) is 9.73. The minimum absolute atomic E-state index is 0.218. The lowest BCUT2D eigenvalue weighted by Gasteiger charge is -2.11. The summed E-state index contributed by atoms with van der Waals surface area (Å²) in [6.07, 6.45) is 2.01. The van der Waals surface area contributed by atoms with E-state index in [0.717, 1.165) is 18.4 Å². The van der Waals surface area contributed by atoms with Crippen molar-refractivity contribution in [1.82, 2.24) is 10.6 Å². The van der Waals surface area contributed by atoms with Crippen molar-refractivity contribution < 1.29 is 19.1 Å². The van der Waals surface area contributed by atoms with Crippen LogP contribution in [0.2, 0.25) is 5.02 Å². The van der Waals surface area contributed by atoms with Crippen LogP contribution in [-0.2, 0) is 9.59 Å². The Kier molecular flexibility index (Phi) is 9.15. The highest BCUT2D eigenvalue weighted by Crippen LogP contribution is 2.22. The highest BCUT2D eigenvalue weighted by Gasteiger charge is 2.11. The number of hydrogen-bond acceptors (Lipinski definition) is 4. The van der Waals surface area contributed by atoms with Gasteiger partial charge in [0.2, 0.25) is 11.8 Å². The predicted molar refractivity (Wildman–Crippen MR) is 117 cm³/mol. The molecule has 0 aliphatic rings. The number of anilines is 1. The second-order valence-electron chi connectivity index (χ2n) is 6.65. The Morgan fingerprint density at radius 1 is 0.967 bits per heavy atom. The molecule has 0 spiro atoms. The molecule has 160 valence electrons. The lowest BCUT2D eigenvalue weighted by molar-refractivity contribution is -0.123. The molecule has 2 aromatic carbocycles. The minimum atomic E-state index is -0.471. The van der Waals surface area contributed by atoms with Crippen molar-refractivity contribution in [3.63, 3.8) is 0 Å². The van der Waals surface area contributed by atoms with Crippen LogP contribution in [0.25, 0.3) is 0 Å². The van der Waals surface area contributed by atoms with Gasteiger partial charge >= 0.3 is 0 Å². The van der Waals surface area contributed by atoms with Gasteiger partial charge in [-0.1, -0.05) is 31.0 Å². The zero-order chi connectivity index (χ0) is 21.9. The zero-order valence-corrected chi connectivity index (χ0v) is 17.8. The second-order valence-corrected chi connectivity index (χ2v) is 7.05. The van der Waals surface area contributed by atoms with Crippen molar-refractivity contribution in [1.29, 1.82) is 0 Å². The van der Waals surface area contributed by atoms with Gasteiger partial charge in [-0.25, -0.2) is 0 Å². The molecule has 0 fully saturated rings. The number of unbranched alkanes of at least 4 members (excludes halogenated alkanes) is 1. The van der Waals surface area contributed by atoms with Crippen molar-refractivity contribution in [2.45, 2.75) is 26.7 Å². The van der Waals surface area contributed by atoms with Crippen LogP contribution >= 0.6 is 11.6 Å². The smallest absolute Gasteiger partial charge is 0.251 e. The van der Waals surface area contributed by atoms with Gasteiger partial charge in [0.1, 0.15) is 5.75 Å². The topological polar surface area (TPSA) is 96.5 Å². The summed E-state index contributed by atoms with van der Waals surface area (Å²) in [4.78, 5) is 36.1. The van der Waals surface area contributed by atoms with Crippen LogP contribution in [0.5, 0.6) is 5.75 Å². The third kappa shape index (κ3) is 7.40. The van der Waals surface area contributed by atoms with Gasteiger partial charge in [0.05, 0.1) is 19.7 Å². The SMILES string of the molecule is CCCCOc1ccc(C(=O)NCC(=O)NCC(=O)Nc2cccc(Cl)c2C)cc1. The van der Waals surface area contributed by atoms with Crippen LogP contribution in [0.15, 0.2) is 42.5 Å². The molecular formula is C22H26ClN3O4. The Balaban J connectivity index is 1.72. The molecule has 7 nitrogen and oxygen atoms in total. The van der Waals surface area contributed by atoms with Gasteiger partial charge in [0.15, 0.2) is 0 Å². The van der Waals surface area contributed by atoms with Crippen LogP contribution < -0.4 is 20.7 Å². The summed E-state index contributed by atoms with van der Waals surface area (Å²) in [6, 6.07) is 11.9. The van der Waals surface area contributed by atoms with Crippen molar-refractivity contribution in [3.05, 3.63) is 58.6 Å². The van der Waals surface area contributed by atoms with Gasteiger partial charge in [-0.15, -0.1) is 0 Å². The molecule has 3 amide bonds. The Morgan fingerprint density at radius 2 is 1.67 bits per heavy atom. The number of carbonyl (C=O) groups excluding carboxylic acids is 3. The first-order valence-corrected chi connectivity index (χ1v) is 10.1. The van der Waals surface area contributed by atoms with E-state index in [1.807, 2.05) is 0 Å². The fourth-order valence-electron chi connectivity index (χ4n) is 2.48. The monoisotopic (exact) mass is 431 g/mol. The van der Waals surface area contributed by atoms with E-state index in [1.165, 1.54) is 0 Å². The number of benzene rings is 2. The Morgan fingerprint density at radius 3 is 2.37 bits per heavy atom. The summed E-state index contributed by atoms with van der Waals surface area (Å²) in [5, 5.41) is 8.21. The Hall–Kier alpha value is -3.06. The summed E-state index contributed by atoms with van der Waals surface area (Å²) in [5.74, 6) is -0.553. The molecule has 0 aromatic heterocycles. The van der Waals surface area contributed by atoms with Crippen LogP contribution in [0.3, 0.4) is 0 Å². The molecule has 0 heterocycles. The molecule has 30 heavy (non-hydrogen) atoms. The van der Waals surface area contributed by atoms with E-state index in [1.54, 1.807) is 49.4 Å². The van der Waals surface area contributed by atoms with E-state index in [-0.39, 0.29) is 19.0 Å². The third-order valence-corrected chi connectivity index (χ3v) is 4.69. The van der Waals surface area contributed by atoms with Gasteiger partial charge in [0, 0.05) is 16.3 Å². The summed E-state index contributed by atoms with van der Waals surface area (Å²) < 4.78 is 5.55. The van der Waals surface area contributed by atoms with E-state index in [9.17, 15) is 14.4 Å². The number of ether oxygens (including phenoxy) is 1. The number of hydrogen-bond donors (Lipinski definition) is 3. The van der Waals surface area contributed by atoms with Gasteiger partial charge in [0.25, 0.3) is 5.91 Å². The lowest BCUT2D eigenvalue weighted by Crippen LogP contribution is -2.40. The number of nitrogens with one attached hydrogen (secondary N) is 3. The molecular weight excluding hydrogens is 406 g/mol. The molecule has 0 saturated carbocycles. The molecule has 0 radical (unpaired) electrons. The fraction of sp³-hybridized carbons (Fsp3) is 0.318. The molecule has 2 aromatic rings. The summed E-state index contributed by atoms with van der Waals surface area (Å²) in [5.41, 5.74) is 1.74. The van der Waals surface area contributed by atoms with Gasteiger partial charge < -0.3 is 20.7 Å². The van der Waals surface area contributed by atoms with Gasteiger partial charge in [-0.3, -0.25) is 14.4 Å². The molecule has 8 heteroatoms. The maximum Gasteiger partial charge on any atom is 0.251 e. The van der Waals surface area contributed by atoms with Crippen LogP contribution in [0.4, 0.5) is 5.69 Å². The van der Waals surface area contributed by atoms with Crippen molar-refractivity contribution in [2.24, 2.45) is 0 Å². The Bertz CT molecular complexity index is 884. The standard InChI is InChI=1S/C22H26ClN3O4/c1-3-4-12-30-17-10-8-16(9-11-17)22(29)25-13-20(27)24-14-21(28)26-19-7-5-6-18(23)15(19)2/h5-11H,3-4,12-14H2,1-2H3,(H,24,27)(H,25,29)(H,26,28). The molecule has 0 aliphatic heterocycles. The predicted octanol–water partition coefficient (Wildman–Crippen LogP) is 3.31. The molecule has 0 bridgehead atoms. The fourth-order valence-corrected chi connectivity index (χ4v) is 2.65. The van der Waals surface area contributed by atoms with Crippen molar-refractivity contribution in [2.75, 3.05) is 25.0 Å². The maximum absolute atomic E-state index is 12.1. The molecule has 0 unspecified atom stereocenters. The van der Waals surface area contributed by atoms with Crippen LogP contribution in [-0.4, -0.2) is 37.4 Å². The van der Waals surface area contributed by atoms with Gasteiger partial charge in [-0.05, 0) is 55.3 Å². The minimum Gasteiger partial charge on any atom is -0.494 e. The second kappa shape index (κ2) is 11.8. The largest absolute Gasteiger partial charge is 0.494 e. The first-order chi connectivity index (χ1) is 14.4. The van der Waals surface area contributed by atoms with Crippen LogP contribution in [0.1, 0.15) is 35.7 Å². The number of amides is 3. The Labute approximate surface area is 181 Å². The van der Waals surface area contributed by atoms with Gasteiger partial charge in [-0.2, -0.15) is 0 Å². The highest BCUT2D eigenvalue weighted by molar-refractivity contribution is 6.31. The maximum atomic E-state index is 12.1. The number of rotatable bonds is 10. The van der Waals surface area contributed by atoms with E-state index < -0.39 is 11.8 Å². The summed E-state index contributed by atoms with van der Waals surface area (Å²) in [7, 11) is 0. The summed E-state index contributed by atoms with van der Waals surface area (Å²) >= 11 is 6.01. The highest BCUT2D eigenvalue weighted by atomic mass is 35.5.